The normalized spacial score (nSPS) is 28.1. The Labute approximate surface area is 91.4 Å². The molecule has 0 aromatic rings. The first-order valence-electron chi connectivity index (χ1n) is 6.34. The van der Waals surface area contributed by atoms with Gasteiger partial charge in [-0.05, 0) is 31.6 Å². The molecule has 3 rings (SSSR count). The summed E-state index contributed by atoms with van der Waals surface area (Å²) in [5.41, 5.74) is 0. The van der Waals surface area contributed by atoms with Gasteiger partial charge in [0.05, 0.1) is 0 Å². The molecule has 3 fully saturated rings. The number of hydrogen-bond acceptors (Lipinski definition) is 2. The summed E-state index contributed by atoms with van der Waals surface area (Å²) >= 11 is 0. The highest BCUT2D eigenvalue weighted by molar-refractivity contribution is 5.81. The van der Waals surface area contributed by atoms with E-state index in [9.17, 15) is 4.79 Å². The van der Waals surface area contributed by atoms with Gasteiger partial charge in [0, 0.05) is 38.6 Å². The van der Waals surface area contributed by atoms with Gasteiger partial charge >= 0.3 is 0 Å². The van der Waals surface area contributed by atoms with Gasteiger partial charge in [-0.2, -0.15) is 0 Å². The van der Waals surface area contributed by atoms with Crippen LogP contribution in [0.2, 0.25) is 0 Å². The quantitative estimate of drug-likeness (QED) is 0.689. The number of carbonyl (C=O) groups excluding carboxylic acids is 1. The predicted octanol–water partition coefficient (Wildman–Crippen LogP) is 0.951. The van der Waals surface area contributed by atoms with Crippen molar-refractivity contribution in [1.82, 2.24) is 9.80 Å². The summed E-state index contributed by atoms with van der Waals surface area (Å²) in [4.78, 5) is 16.4. The Hall–Kier alpha value is -0.570. The van der Waals surface area contributed by atoms with Crippen LogP contribution in [0.1, 0.15) is 25.7 Å². The number of piperazine rings is 1. The van der Waals surface area contributed by atoms with Crippen LogP contribution in [0.25, 0.3) is 0 Å². The lowest BCUT2D eigenvalue weighted by Gasteiger charge is -2.34. The van der Waals surface area contributed by atoms with Crippen LogP contribution in [-0.4, -0.2) is 48.4 Å². The van der Waals surface area contributed by atoms with Gasteiger partial charge in [0.1, 0.15) is 0 Å². The second-order valence-corrected chi connectivity index (χ2v) is 5.34. The molecule has 1 amide bonds. The maximum Gasteiger partial charge on any atom is 0.225 e. The molecule has 0 bridgehead atoms. The largest absolute Gasteiger partial charge is 0.340 e. The standard InChI is InChI=1S/C12H20N2O/c15-12(11-3-4-11)14-7-5-13(6-8-14)9-10-1-2-10/h10-11H,1-9H2. The molecule has 1 heterocycles. The van der Waals surface area contributed by atoms with E-state index < -0.39 is 0 Å². The summed E-state index contributed by atoms with van der Waals surface area (Å²) in [6.45, 7) is 5.44. The van der Waals surface area contributed by atoms with Gasteiger partial charge < -0.3 is 4.90 Å². The topological polar surface area (TPSA) is 23.6 Å². The van der Waals surface area contributed by atoms with Crippen LogP contribution in [0.5, 0.6) is 0 Å². The van der Waals surface area contributed by atoms with E-state index in [0.29, 0.717) is 11.8 Å². The molecule has 0 N–H and O–H groups in total. The third kappa shape index (κ3) is 2.33. The Kier molecular flexibility index (Phi) is 2.43. The lowest BCUT2D eigenvalue weighted by molar-refractivity contribution is -0.134. The van der Waals surface area contributed by atoms with Gasteiger partial charge in [-0.15, -0.1) is 0 Å². The molecule has 1 aliphatic heterocycles. The fourth-order valence-corrected chi connectivity index (χ4v) is 2.40. The molecule has 3 nitrogen and oxygen atoms in total. The van der Waals surface area contributed by atoms with E-state index in [1.165, 1.54) is 19.4 Å². The predicted molar refractivity (Wildman–Crippen MR) is 58.5 cm³/mol. The van der Waals surface area contributed by atoms with E-state index in [1.807, 2.05) is 0 Å². The van der Waals surface area contributed by atoms with Crippen molar-refractivity contribution in [3.05, 3.63) is 0 Å². The first-order chi connectivity index (χ1) is 7.33. The van der Waals surface area contributed by atoms with E-state index in [4.69, 9.17) is 0 Å². The minimum atomic E-state index is 0.403. The van der Waals surface area contributed by atoms with Gasteiger partial charge in [-0.1, -0.05) is 0 Å². The number of rotatable bonds is 3. The van der Waals surface area contributed by atoms with Crippen LogP contribution in [0.3, 0.4) is 0 Å². The molecule has 2 saturated carbocycles. The minimum absolute atomic E-state index is 0.403. The first-order valence-corrected chi connectivity index (χ1v) is 6.34. The molecule has 0 radical (unpaired) electrons. The Morgan fingerprint density at radius 2 is 1.67 bits per heavy atom. The Morgan fingerprint density at radius 3 is 2.20 bits per heavy atom. The molecule has 0 spiro atoms. The summed E-state index contributed by atoms with van der Waals surface area (Å²) in [5, 5.41) is 0. The monoisotopic (exact) mass is 208 g/mol. The van der Waals surface area contributed by atoms with Crippen molar-refractivity contribution in [3.63, 3.8) is 0 Å². The molecule has 0 atom stereocenters. The second-order valence-electron chi connectivity index (χ2n) is 5.34. The molecule has 0 unspecified atom stereocenters. The van der Waals surface area contributed by atoms with E-state index in [0.717, 1.165) is 44.9 Å². The van der Waals surface area contributed by atoms with Gasteiger partial charge in [0.25, 0.3) is 0 Å². The zero-order chi connectivity index (χ0) is 10.3. The highest BCUT2D eigenvalue weighted by Gasteiger charge is 2.35. The summed E-state index contributed by atoms with van der Waals surface area (Å²) in [6.07, 6.45) is 5.14. The van der Waals surface area contributed by atoms with Crippen LogP contribution in [-0.2, 0) is 4.79 Å². The highest BCUT2D eigenvalue weighted by atomic mass is 16.2. The van der Waals surface area contributed by atoms with Crippen molar-refractivity contribution in [1.29, 1.82) is 0 Å². The fourth-order valence-electron chi connectivity index (χ4n) is 2.40. The molecule has 3 heteroatoms. The number of hydrogen-bond donors (Lipinski definition) is 0. The Balaban J connectivity index is 1.44. The number of nitrogens with zero attached hydrogens (tertiary/aromatic N) is 2. The van der Waals surface area contributed by atoms with Crippen LogP contribution in [0.4, 0.5) is 0 Å². The number of carbonyl (C=O) groups is 1. The van der Waals surface area contributed by atoms with E-state index >= 15 is 0 Å². The average Bonchev–Trinajstić information content (AvgIpc) is 3.12. The van der Waals surface area contributed by atoms with Crippen LogP contribution < -0.4 is 0 Å². The van der Waals surface area contributed by atoms with Gasteiger partial charge in [-0.25, -0.2) is 0 Å². The molecular formula is C12H20N2O. The minimum Gasteiger partial charge on any atom is -0.340 e. The second kappa shape index (κ2) is 3.78. The van der Waals surface area contributed by atoms with Crippen molar-refractivity contribution < 1.29 is 4.79 Å². The Bertz CT molecular complexity index is 250. The molecule has 1 saturated heterocycles. The number of amides is 1. The van der Waals surface area contributed by atoms with E-state index in [2.05, 4.69) is 9.80 Å². The van der Waals surface area contributed by atoms with Crippen molar-refractivity contribution in [3.8, 4) is 0 Å². The molecule has 3 aliphatic rings. The molecule has 84 valence electrons. The summed E-state index contributed by atoms with van der Waals surface area (Å²) < 4.78 is 0. The summed E-state index contributed by atoms with van der Waals surface area (Å²) in [7, 11) is 0. The lowest BCUT2D eigenvalue weighted by atomic mass is 10.2. The molecule has 0 aromatic carbocycles. The fraction of sp³-hybridized carbons (Fsp3) is 0.917. The smallest absolute Gasteiger partial charge is 0.225 e. The van der Waals surface area contributed by atoms with E-state index in [-0.39, 0.29) is 0 Å². The van der Waals surface area contributed by atoms with Crippen molar-refractivity contribution in [2.24, 2.45) is 11.8 Å². The van der Waals surface area contributed by atoms with E-state index in [1.54, 1.807) is 0 Å². The van der Waals surface area contributed by atoms with Crippen molar-refractivity contribution in [2.45, 2.75) is 25.7 Å². The van der Waals surface area contributed by atoms with Gasteiger partial charge in [0.15, 0.2) is 0 Å². The first kappa shape index (κ1) is 9.64. The molecule has 15 heavy (non-hydrogen) atoms. The Morgan fingerprint density at radius 1 is 1.00 bits per heavy atom. The molecule has 0 aromatic heterocycles. The summed E-state index contributed by atoms with van der Waals surface area (Å²) in [6, 6.07) is 0. The summed E-state index contributed by atoms with van der Waals surface area (Å²) in [5.74, 6) is 1.82. The maximum atomic E-state index is 11.8. The average molecular weight is 208 g/mol. The van der Waals surface area contributed by atoms with Crippen LogP contribution in [0.15, 0.2) is 0 Å². The van der Waals surface area contributed by atoms with Crippen molar-refractivity contribution in [2.75, 3.05) is 32.7 Å². The van der Waals surface area contributed by atoms with Crippen molar-refractivity contribution >= 4 is 5.91 Å². The molecular weight excluding hydrogens is 188 g/mol. The maximum absolute atomic E-state index is 11.8. The zero-order valence-electron chi connectivity index (χ0n) is 9.32. The third-order valence-electron chi connectivity index (χ3n) is 3.82. The van der Waals surface area contributed by atoms with Crippen LogP contribution in [0, 0.1) is 11.8 Å². The van der Waals surface area contributed by atoms with Gasteiger partial charge in [-0.3, -0.25) is 9.69 Å². The third-order valence-corrected chi connectivity index (χ3v) is 3.82. The van der Waals surface area contributed by atoms with Crippen LogP contribution >= 0.6 is 0 Å². The zero-order valence-corrected chi connectivity index (χ0v) is 9.32. The SMILES string of the molecule is O=C(C1CC1)N1CCN(CC2CC2)CC1. The lowest BCUT2D eigenvalue weighted by Crippen LogP contribution is -2.49. The highest BCUT2D eigenvalue weighted by Crippen LogP contribution is 2.32. The van der Waals surface area contributed by atoms with Gasteiger partial charge in [0.2, 0.25) is 5.91 Å². The molecule has 2 aliphatic carbocycles.